The molecule has 1 aliphatic carbocycles. The number of pyridine rings is 1. The summed E-state index contributed by atoms with van der Waals surface area (Å²) in [5.74, 6) is -0.144. The molecule has 0 radical (unpaired) electrons. The molecule has 3 aromatic rings. The Balaban J connectivity index is 1.35. The van der Waals surface area contributed by atoms with Gasteiger partial charge in [-0.1, -0.05) is 17.7 Å². The number of nitrogens with one attached hydrogen (secondary N) is 2. The molecule has 2 N–H and O–H groups in total. The molecule has 0 atom stereocenters. The maximum absolute atomic E-state index is 13.0. The van der Waals surface area contributed by atoms with Gasteiger partial charge in [0.05, 0.1) is 5.56 Å². The van der Waals surface area contributed by atoms with E-state index in [4.69, 9.17) is 11.6 Å². The van der Waals surface area contributed by atoms with Crippen LogP contribution in [-0.2, 0) is 12.7 Å². The number of alkyl halides is 6. The number of amides is 1. The lowest BCUT2D eigenvalue weighted by Crippen LogP contribution is -2.40. The minimum Gasteiger partial charge on any atom is -0.368 e. The highest BCUT2D eigenvalue weighted by molar-refractivity contribution is 6.32. The van der Waals surface area contributed by atoms with E-state index in [1.165, 1.54) is 10.5 Å². The van der Waals surface area contributed by atoms with Gasteiger partial charge in [-0.25, -0.2) is 4.98 Å². The van der Waals surface area contributed by atoms with Crippen LogP contribution in [0.3, 0.4) is 0 Å². The van der Waals surface area contributed by atoms with Crippen LogP contribution in [0.4, 0.5) is 32.2 Å². The summed E-state index contributed by atoms with van der Waals surface area (Å²) in [4.78, 5) is 16.1. The number of carbonyl (C=O) groups is 1. The van der Waals surface area contributed by atoms with Crippen LogP contribution < -0.4 is 10.6 Å². The van der Waals surface area contributed by atoms with Crippen molar-refractivity contribution in [3.05, 3.63) is 47.0 Å². The quantitative estimate of drug-likeness (QED) is 0.480. The lowest BCUT2D eigenvalue weighted by molar-refractivity contribution is -0.142. The highest BCUT2D eigenvalue weighted by Gasteiger charge is 2.34. The molecule has 3 aromatic heterocycles. The Morgan fingerprint density at radius 2 is 1.74 bits per heavy atom. The molecule has 14 heteroatoms. The SMILES string of the molecule is O=C(NC1CCC(Nc2cccc3nc(C(F)(F)F)cn23)CC1)c1cn(CC(F)(F)F)nc1Cl. The monoisotopic (exact) mass is 508 g/mol. The third-order valence-electron chi connectivity index (χ3n) is 5.50. The summed E-state index contributed by atoms with van der Waals surface area (Å²) < 4.78 is 78.5. The third kappa shape index (κ3) is 5.57. The molecule has 3 heterocycles. The highest BCUT2D eigenvalue weighted by atomic mass is 35.5. The molecule has 1 saturated carbocycles. The first-order chi connectivity index (χ1) is 15.9. The van der Waals surface area contributed by atoms with Gasteiger partial charge >= 0.3 is 12.4 Å². The molecule has 0 saturated heterocycles. The van der Waals surface area contributed by atoms with Gasteiger partial charge in [0.1, 0.15) is 18.0 Å². The molecule has 7 nitrogen and oxygen atoms in total. The fourth-order valence-corrected chi connectivity index (χ4v) is 4.17. The molecule has 0 unspecified atom stereocenters. The van der Waals surface area contributed by atoms with Crippen LogP contribution in [0, 0.1) is 0 Å². The zero-order valence-electron chi connectivity index (χ0n) is 17.4. The summed E-state index contributed by atoms with van der Waals surface area (Å²) >= 11 is 5.83. The molecule has 0 bridgehead atoms. The van der Waals surface area contributed by atoms with E-state index in [9.17, 15) is 31.1 Å². The number of fused-ring (bicyclic) bond motifs is 1. The van der Waals surface area contributed by atoms with E-state index in [1.54, 1.807) is 12.1 Å². The molecule has 0 spiro atoms. The zero-order valence-corrected chi connectivity index (χ0v) is 18.2. The number of aromatic nitrogens is 4. The normalized spacial score (nSPS) is 19.4. The van der Waals surface area contributed by atoms with Crippen LogP contribution >= 0.6 is 11.6 Å². The molecule has 1 amide bonds. The number of nitrogens with zero attached hydrogens (tertiary/aromatic N) is 4. The van der Waals surface area contributed by atoms with Gasteiger partial charge in [-0.2, -0.15) is 31.4 Å². The largest absolute Gasteiger partial charge is 0.434 e. The van der Waals surface area contributed by atoms with E-state index >= 15 is 0 Å². The Labute approximate surface area is 194 Å². The van der Waals surface area contributed by atoms with E-state index in [1.807, 2.05) is 0 Å². The van der Waals surface area contributed by atoms with Crippen molar-refractivity contribution in [1.82, 2.24) is 24.5 Å². The summed E-state index contributed by atoms with van der Waals surface area (Å²) in [5, 5.41) is 9.20. The van der Waals surface area contributed by atoms with Crippen molar-refractivity contribution in [2.45, 2.75) is 56.7 Å². The van der Waals surface area contributed by atoms with Crippen molar-refractivity contribution in [3.63, 3.8) is 0 Å². The molecular formula is C20H19ClF6N6O. The van der Waals surface area contributed by atoms with E-state index in [0.717, 1.165) is 12.4 Å². The minimum atomic E-state index is -4.55. The Hall–Kier alpha value is -2.96. The van der Waals surface area contributed by atoms with Gasteiger partial charge in [0.15, 0.2) is 10.8 Å². The molecule has 0 aliphatic heterocycles. The second kappa shape index (κ2) is 9.01. The maximum Gasteiger partial charge on any atom is 0.434 e. The molecular weight excluding hydrogens is 490 g/mol. The number of anilines is 1. The maximum atomic E-state index is 13.0. The average Bonchev–Trinajstić information content (AvgIpc) is 3.32. The second-order valence-corrected chi connectivity index (χ2v) is 8.43. The molecule has 184 valence electrons. The molecule has 0 aromatic carbocycles. The number of imidazole rings is 1. The fourth-order valence-electron chi connectivity index (χ4n) is 3.93. The van der Waals surface area contributed by atoms with Gasteiger partial charge in [-0.3, -0.25) is 13.9 Å². The van der Waals surface area contributed by atoms with Crippen molar-refractivity contribution in [2.75, 3.05) is 5.32 Å². The molecule has 34 heavy (non-hydrogen) atoms. The first kappa shape index (κ1) is 24.2. The van der Waals surface area contributed by atoms with Crippen molar-refractivity contribution < 1.29 is 31.1 Å². The van der Waals surface area contributed by atoms with E-state index in [2.05, 4.69) is 20.7 Å². The minimum absolute atomic E-state index is 0.0476. The molecule has 4 rings (SSSR count). The topological polar surface area (TPSA) is 76.2 Å². The Kier molecular flexibility index (Phi) is 6.40. The average molecular weight is 509 g/mol. The predicted octanol–water partition coefficient (Wildman–Crippen LogP) is 4.92. The number of hydrogen-bond acceptors (Lipinski definition) is 4. The van der Waals surface area contributed by atoms with Gasteiger partial charge in [0.25, 0.3) is 5.91 Å². The van der Waals surface area contributed by atoms with Crippen LogP contribution in [0.15, 0.2) is 30.6 Å². The second-order valence-electron chi connectivity index (χ2n) is 8.08. The standard InChI is InChI=1S/C20H19ClF6N6O/c21-17-13(8-32(31-17)10-19(22,23)24)18(34)29-12-6-4-11(5-7-12)28-15-2-1-3-16-30-14(9-33(15)16)20(25,26)27/h1-3,8-9,11-12,28H,4-7,10H2,(H,29,34). The summed E-state index contributed by atoms with van der Waals surface area (Å²) in [6.07, 6.45) is -4.80. The molecule has 1 aliphatic rings. The predicted molar refractivity (Wildman–Crippen MR) is 111 cm³/mol. The van der Waals surface area contributed by atoms with Gasteiger partial charge < -0.3 is 10.6 Å². The lowest BCUT2D eigenvalue weighted by atomic mass is 9.91. The van der Waals surface area contributed by atoms with Crippen LogP contribution in [0.25, 0.3) is 5.65 Å². The Bertz CT molecular complexity index is 1180. The van der Waals surface area contributed by atoms with Crippen LogP contribution in [0.2, 0.25) is 5.15 Å². The van der Waals surface area contributed by atoms with Crippen molar-refractivity contribution in [2.24, 2.45) is 0 Å². The first-order valence-electron chi connectivity index (χ1n) is 10.3. The van der Waals surface area contributed by atoms with Gasteiger partial charge in [0, 0.05) is 24.5 Å². The van der Waals surface area contributed by atoms with Gasteiger partial charge in [-0.05, 0) is 37.8 Å². The van der Waals surface area contributed by atoms with Crippen LogP contribution in [-0.4, -0.2) is 43.3 Å². The summed E-state index contributed by atoms with van der Waals surface area (Å²) in [6.45, 7) is -1.36. The van der Waals surface area contributed by atoms with Crippen molar-refractivity contribution in [3.8, 4) is 0 Å². The summed E-state index contributed by atoms with van der Waals surface area (Å²) in [5.41, 5.74) is -0.954. The number of halogens is 7. The first-order valence-corrected chi connectivity index (χ1v) is 10.7. The Morgan fingerprint density at radius 1 is 1.06 bits per heavy atom. The van der Waals surface area contributed by atoms with Crippen molar-refractivity contribution in [1.29, 1.82) is 0 Å². The zero-order chi connectivity index (χ0) is 24.7. The van der Waals surface area contributed by atoms with Crippen LogP contribution in [0.5, 0.6) is 0 Å². The molecule has 1 fully saturated rings. The highest BCUT2D eigenvalue weighted by Crippen LogP contribution is 2.30. The van der Waals surface area contributed by atoms with E-state index < -0.39 is 30.5 Å². The van der Waals surface area contributed by atoms with Crippen molar-refractivity contribution >= 4 is 29.0 Å². The number of carbonyl (C=O) groups excluding carboxylic acids is 1. The van der Waals surface area contributed by atoms with E-state index in [-0.39, 0.29) is 28.4 Å². The number of rotatable bonds is 5. The summed E-state index contributed by atoms with van der Waals surface area (Å²) in [7, 11) is 0. The number of hydrogen-bond donors (Lipinski definition) is 2. The van der Waals surface area contributed by atoms with Gasteiger partial charge in [-0.15, -0.1) is 0 Å². The lowest BCUT2D eigenvalue weighted by Gasteiger charge is -2.30. The van der Waals surface area contributed by atoms with Crippen LogP contribution in [0.1, 0.15) is 41.7 Å². The third-order valence-corrected chi connectivity index (χ3v) is 5.78. The van der Waals surface area contributed by atoms with E-state index in [0.29, 0.717) is 36.2 Å². The van der Waals surface area contributed by atoms with Gasteiger partial charge in [0.2, 0.25) is 0 Å². The fraction of sp³-hybridized carbons (Fsp3) is 0.450. The Morgan fingerprint density at radius 3 is 2.38 bits per heavy atom. The smallest absolute Gasteiger partial charge is 0.368 e. The summed E-state index contributed by atoms with van der Waals surface area (Å²) in [6, 6.07) is 4.47.